The van der Waals surface area contributed by atoms with Gasteiger partial charge in [-0.25, -0.2) is 4.39 Å². The molecule has 1 aromatic rings. The van der Waals surface area contributed by atoms with Crippen LogP contribution in [0.5, 0.6) is 0 Å². The first-order valence-electron chi connectivity index (χ1n) is 5.46. The summed E-state index contributed by atoms with van der Waals surface area (Å²) in [4.78, 5) is 15.3. The maximum absolute atomic E-state index is 13.4. The van der Waals surface area contributed by atoms with Gasteiger partial charge in [-0.15, -0.1) is 0 Å². The lowest BCUT2D eigenvalue weighted by molar-refractivity contribution is 0.0826. The number of amides is 1. The molecule has 1 aliphatic heterocycles. The fourth-order valence-electron chi connectivity index (χ4n) is 1.92. The molecule has 5 nitrogen and oxygen atoms in total. The summed E-state index contributed by atoms with van der Waals surface area (Å²) in [6.45, 7) is -0.473. The Balaban J connectivity index is 2.47. The SMILES string of the molecule is NC(=O)c1cccc([C@]2(CF)COCC(N)=N2)c1. The molecule has 1 aromatic carbocycles. The average Bonchev–Trinajstić information content (AvgIpc) is 2.38. The maximum Gasteiger partial charge on any atom is 0.248 e. The van der Waals surface area contributed by atoms with Crippen LogP contribution in [0.25, 0.3) is 0 Å². The van der Waals surface area contributed by atoms with Gasteiger partial charge in [0.2, 0.25) is 5.91 Å². The number of hydrogen-bond donors (Lipinski definition) is 2. The summed E-state index contributed by atoms with van der Waals surface area (Å²) in [5, 5.41) is 0. The van der Waals surface area contributed by atoms with Crippen LogP contribution >= 0.6 is 0 Å². The van der Waals surface area contributed by atoms with Gasteiger partial charge in [-0.05, 0) is 17.7 Å². The monoisotopic (exact) mass is 251 g/mol. The van der Waals surface area contributed by atoms with Crippen LogP contribution in [0.15, 0.2) is 29.3 Å². The van der Waals surface area contributed by atoms with E-state index in [2.05, 4.69) is 4.99 Å². The Morgan fingerprint density at radius 1 is 1.56 bits per heavy atom. The highest BCUT2D eigenvalue weighted by Gasteiger charge is 2.35. The van der Waals surface area contributed by atoms with Crippen LogP contribution in [0.4, 0.5) is 4.39 Å². The van der Waals surface area contributed by atoms with Crippen molar-refractivity contribution in [3.63, 3.8) is 0 Å². The van der Waals surface area contributed by atoms with E-state index >= 15 is 0 Å². The minimum atomic E-state index is -1.17. The number of amidine groups is 1. The summed E-state index contributed by atoms with van der Waals surface area (Å²) in [6.07, 6.45) is 0. The van der Waals surface area contributed by atoms with E-state index < -0.39 is 18.1 Å². The number of nitrogens with two attached hydrogens (primary N) is 2. The maximum atomic E-state index is 13.4. The molecule has 18 heavy (non-hydrogen) atoms. The van der Waals surface area contributed by atoms with E-state index in [0.717, 1.165) is 0 Å². The predicted molar refractivity (Wildman–Crippen MR) is 65.1 cm³/mol. The zero-order valence-corrected chi connectivity index (χ0v) is 9.73. The first kappa shape index (κ1) is 12.5. The molecular weight excluding hydrogens is 237 g/mol. The van der Waals surface area contributed by atoms with Crippen LogP contribution in [0.3, 0.4) is 0 Å². The molecule has 2 rings (SSSR count). The molecule has 0 saturated heterocycles. The standard InChI is InChI=1S/C12H14FN3O2/c13-6-12(7-18-5-10(14)16-12)9-3-1-2-8(4-9)11(15)17/h1-4H,5-7H2,(H2,14,16)(H2,15,17)/t12-/m0/s1. The number of ether oxygens (including phenoxy) is 1. The second-order valence-corrected chi connectivity index (χ2v) is 4.21. The smallest absolute Gasteiger partial charge is 0.248 e. The number of halogens is 1. The van der Waals surface area contributed by atoms with Gasteiger partial charge in [-0.2, -0.15) is 0 Å². The van der Waals surface area contributed by atoms with E-state index in [0.29, 0.717) is 11.1 Å². The van der Waals surface area contributed by atoms with Crippen molar-refractivity contribution in [3.8, 4) is 0 Å². The van der Waals surface area contributed by atoms with E-state index in [1.807, 2.05) is 0 Å². The molecule has 0 aromatic heterocycles. The Bertz CT molecular complexity index is 504. The quantitative estimate of drug-likeness (QED) is 0.811. The highest BCUT2D eigenvalue weighted by molar-refractivity contribution is 5.93. The first-order valence-corrected chi connectivity index (χ1v) is 5.46. The lowest BCUT2D eigenvalue weighted by Gasteiger charge is -2.31. The largest absolute Gasteiger partial charge is 0.385 e. The number of rotatable bonds is 3. The van der Waals surface area contributed by atoms with Crippen molar-refractivity contribution in [1.29, 1.82) is 0 Å². The van der Waals surface area contributed by atoms with Crippen LogP contribution in [-0.2, 0) is 10.3 Å². The number of carbonyl (C=O) groups is 1. The summed E-state index contributed by atoms with van der Waals surface area (Å²) < 4.78 is 18.6. The van der Waals surface area contributed by atoms with Crippen LogP contribution in [0.2, 0.25) is 0 Å². The van der Waals surface area contributed by atoms with Gasteiger partial charge in [-0.1, -0.05) is 12.1 Å². The number of benzene rings is 1. The predicted octanol–water partition coefficient (Wildman–Crippen LogP) is 0.338. The Labute approximate surface area is 104 Å². The van der Waals surface area contributed by atoms with Gasteiger partial charge in [0, 0.05) is 5.56 Å². The number of nitrogens with zero attached hydrogens (tertiary/aromatic N) is 1. The van der Waals surface area contributed by atoms with E-state index in [4.69, 9.17) is 16.2 Å². The van der Waals surface area contributed by atoms with E-state index in [1.165, 1.54) is 6.07 Å². The Morgan fingerprint density at radius 3 is 2.94 bits per heavy atom. The average molecular weight is 251 g/mol. The van der Waals surface area contributed by atoms with Gasteiger partial charge in [0.25, 0.3) is 0 Å². The molecule has 4 N–H and O–H groups in total. The van der Waals surface area contributed by atoms with Gasteiger partial charge < -0.3 is 16.2 Å². The summed E-state index contributed by atoms with van der Waals surface area (Å²) in [7, 11) is 0. The number of aliphatic imine (C=N–C) groups is 1. The third-order valence-corrected chi connectivity index (χ3v) is 2.85. The highest BCUT2D eigenvalue weighted by atomic mass is 19.1. The molecule has 96 valence electrons. The Morgan fingerprint density at radius 2 is 2.33 bits per heavy atom. The fourth-order valence-corrected chi connectivity index (χ4v) is 1.92. The molecule has 1 atom stereocenters. The third kappa shape index (κ3) is 2.19. The van der Waals surface area contributed by atoms with Crippen molar-refractivity contribution in [2.45, 2.75) is 5.54 Å². The van der Waals surface area contributed by atoms with E-state index in [-0.39, 0.29) is 19.0 Å². The fraction of sp³-hybridized carbons (Fsp3) is 0.333. The summed E-state index contributed by atoms with van der Waals surface area (Å²) in [5.74, 6) is -0.331. The number of carbonyl (C=O) groups excluding carboxylic acids is 1. The number of hydrogen-bond acceptors (Lipinski definition) is 4. The van der Waals surface area contributed by atoms with Crippen molar-refractivity contribution >= 4 is 11.7 Å². The second-order valence-electron chi connectivity index (χ2n) is 4.21. The summed E-state index contributed by atoms with van der Waals surface area (Å²) in [6, 6.07) is 6.40. The van der Waals surface area contributed by atoms with Gasteiger partial charge in [-0.3, -0.25) is 9.79 Å². The van der Waals surface area contributed by atoms with Crippen molar-refractivity contribution < 1.29 is 13.9 Å². The molecule has 1 amide bonds. The molecule has 6 heteroatoms. The molecule has 0 spiro atoms. The van der Waals surface area contributed by atoms with Crippen LogP contribution in [0, 0.1) is 0 Å². The minimum absolute atomic E-state index is 0.0897. The molecule has 1 aliphatic rings. The molecule has 0 bridgehead atoms. The van der Waals surface area contributed by atoms with Crippen molar-refractivity contribution in [3.05, 3.63) is 35.4 Å². The van der Waals surface area contributed by atoms with Crippen LogP contribution in [-0.4, -0.2) is 31.6 Å². The highest BCUT2D eigenvalue weighted by Crippen LogP contribution is 2.30. The van der Waals surface area contributed by atoms with Crippen LogP contribution < -0.4 is 11.5 Å². The normalized spacial score (nSPS) is 23.5. The molecule has 0 radical (unpaired) electrons. The molecular formula is C12H14FN3O2. The third-order valence-electron chi connectivity index (χ3n) is 2.85. The topological polar surface area (TPSA) is 90.7 Å². The van der Waals surface area contributed by atoms with Crippen molar-refractivity contribution in [2.24, 2.45) is 16.5 Å². The van der Waals surface area contributed by atoms with Gasteiger partial charge >= 0.3 is 0 Å². The van der Waals surface area contributed by atoms with E-state index in [9.17, 15) is 9.18 Å². The lowest BCUT2D eigenvalue weighted by atomic mass is 9.90. The molecule has 1 heterocycles. The van der Waals surface area contributed by atoms with Gasteiger partial charge in [0.15, 0.2) is 0 Å². The Kier molecular flexibility index (Phi) is 3.29. The lowest BCUT2D eigenvalue weighted by Crippen LogP contribution is -2.41. The number of primary amides is 1. The summed E-state index contributed by atoms with van der Waals surface area (Å²) >= 11 is 0. The zero-order valence-electron chi connectivity index (χ0n) is 9.73. The van der Waals surface area contributed by atoms with Crippen LogP contribution in [0.1, 0.15) is 15.9 Å². The zero-order chi connectivity index (χ0) is 13.2. The second kappa shape index (κ2) is 4.73. The summed E-state index contributed by atoms with van der Waals surface area (Å²) in [5.41, 5.74) is 10.5. The molecule has 0 saturated carbocycles. The van der Waals surface area contributed by atoms with Crippen molar-refractivity contribution in [1.82, 2.24) is 0 Å². The van der Waals surface area contributed by atoms with Gasteiger partial charge in [0.05, 0.1) is 6.61 Å². The Hall–Kier alpha value is -1.95. The molecule has 0 unspecified atom stereocenters. The first-order chi connectivity index (χ1) is 8.57. The molecule has 0 fully saturated rings. The van der Waals surface area contributed by atoms with E-state index in [1.54, 1.807) is 18.2 Å². The van der Waals surface area contributed by atoms with Crippen molar-refractivity contribution in [2.75, 3.05) is 19.9 Å². The molecule has 0 aliphatic carbocycles. The number of alkyl halides is 1. The van der Waals surface area contributed by atoms with Gasteiger partial charge in [0.1, 0.15) is 24.7 Å². The minimum Gasteiger partial charge on any atom is -0.385 e.